The number of terminal acetylenes is 1. The number of nitriles is 1. The van der Waals surface area contributed by atoms with Gasteiger partial charge in [0.25, 0.3) is 0 Å². The van der Waals surface area contributed by atoms with Gasteiger partial charge in [0.15, 0.2) is 27.2 Å². The number of esters is 1. The number of amides is 2. The van der Waals surface area contributed by atoms with Crippen molar-refractivity contribution in [3.8, 4) is 18.4 Å². The van der Waals surface area contributed by atoms with Gasteiger partial charge in [-0.2, -0.15) is 5.26 Å². The number of sulfone groups is 1. The maximum absolute atomic E-state index is 11.6. The molecule has 109 heavy (non-hydrogen) atoms. The van der Waals surface area contributed by atoms with Crippen LogP contribution in [0.2, 0.25) is 0 Å². The molecule has 0 saturated heterocycles. The van der Waals surface area contributed by atoms with Gasteiger partial charge >= 0.3 is 5.97 Å². The lowest BCUT2D eigenvalue weighted by Crippen LogP contribution is -2.40. The summed E-state index contributed by atoms with van der Waals surface area (Å²) in [6, 6.07) is 1.80. The predicted octanol–water partition coefficient (Wildman–Crippen LogP) is 17.1. The molecular weight excluding hydrogens is 1450 g/mol. The number of carbonyl (C=O) groups is 8. The van der Waals surface area contributed by atoms with Gasteiger partial charge in [-0.05, 0) is 177 Å². The lowest BCUT2D eigenvalue weighted by molar-refractivity contribution is -0.160. The number of nitrogens with one attached hydrogen (secondary N) is 3. The van der Waals surface area contributed by atoms with Crippen LogP contribution in [0.4, 0.5) is 4.39 Å². The second-order valence-electron chi connectivity index (χ2n) is 34.5. The summed E-state index contributed by atoms with van der Waals surface area (Å²) in [7, 11) is 5.56. The summed E-state index contributed by atoms with van der Waals surface area (Å²) in [6.07, 6.45) is 20.0. The fourth-order valence-electron chi connectivity index (χ4n) is 4.11. The van der Waals surface area contributed by atoms with Crippen LogP contribution < -0.4 is 15.4 Å². The van der Waals surface area contributed by atoms with Crippen LogP contribution in [-0.4, -0.2) is 180 Å². The molecule has 0 fully saturated rings. The van der Waals surface area contributed by atoms with E-state index in [0.717, 1.165) is 30.5 Å². The molecule has 0 aliphatic rings. The van der Waals surface area contributed by atoms with Gasteiger partial charge in [0, 0.05) is 99.1 Å². The zero-order valence-corrected chi connectivity index (χ0v) is 78.2. The Morgan fingerprint density at radius 1 is 0.523 bits per heavy atom. The number of carbonyl (C=O) groups excluding carboxylic acids is 8. The number of hydrogen-bond donors (Lipinski definition) is 3. The SMILES string of the molecule is C#CC(C)(C)C.C=CC(=O)C(C)C.C=CC(=O)NC(C)(C)C.C=CC(C)(C)C.C=CS(=O)(=O)C(C)C.C=CS(=O)(=O)NC(C)(C)C.CC(C)C(=O)CC#N.CC(C)C(=O)CCl.CC(C)C(=O)CF.CN(C)C/C=C/C(=O)C(C)(C)C.CN(C)C/C=C/C(=O)NC(C)(C)C.CN(C)C/C=C/C(=O)OC(C)(C)C(C)(C)C. The van der Waals surface area contributed by atoms with E-state index < -0.39 is 37.7 Å². The molecule has 0 spiro atoms. The molecule has 3 N–H and O–H groups in total. The Bertz CT molecular complexity index is 2990. The molecule has 0 aliphatic carbocycles. The highest BCUT2D eigenvalue weighted by molar-refractivity contribution is 7.94. The second-order valence-corrected chi connectivity index (χ2v) is 38.9. The molecule has 0 bridgehead atoms. The van der Waals surface area contributed by atoms with E-state index in [2.05, 4.69) is 95.7 Å². The van der Waals surface area contributed by atoms with Gasteiger partial charge in [0.1, 0.15) is 23.8 Å². The second kappa shape index (κ2) is 66.3. The standard InChI is InChI=1S/C13H25NO2.C10H20N2O.C10H19NO.C7H13NO.C6H13NO2S.C6H9NO.C6H10O.C6H12.C6H10.C5H9ClO.C5H9FO.C5H10O2S/c1-12(2,3)13(4,5)16-11(15)9-8-10-14(6)7;1-10(2,3)11-9(13)7-6-8-12(4)5;1-10(2,3)9(12)7-6-8-11(4)5;1-5-6(9)8-7(2,3)4;1-5-10(8,9)7-6(2,3)4;1-5(2)6(8)3-4-7;1-4-6(7)5(2)3;2*1-5-6(2,3)4;2*1-4(2)5(7)3-6;1-4-8(6,7)5(2)3/h8-9H,10H2,1-7H3;6-7H,8H2,1-5H3,(H,11,13);6-7H,8H2,1-5H3;5H,1H2,2-4H3,(H,8,9);5,7H,1H2,2-4H3;5H,3H2,1-2H3;4-5H,1H2,2-3H3;5H,1H2,2-4H3;1H,2-4H3;2*4H,3H2,1-2H3;4-5H,1H2,2-3H3/b9-8+;2*7-6+;;;;;;;;;. The molecule has 0 unspecified atom stereocenters. The van der Waals surface area contributed by atoms with Gasteiger partial charge in [0.05, 0.1) is 23.6 Å². The minimum atomic E-state index is -3.26. The van der Waals surface area contributed by atoms with E-state index in [4.69, 9.17) is 28.0 Å². The van der Waals surface area contributed by atoms with Crippen LogP contribution in [0.25, 0.3) is 0 Å². The van der Waals surface area contributed by atoms with Gasteiger partial charge in [-0.25, -0.2) is 30.7 Å². The zero-order valence-electron chi connectivity index (χ0n) is 75.8. The van der Waals surface area contributed by atoms with Crippen molar-refractivity contribution < 1.29 is 64.3 Å². The molecule has 0 aromatic heterocycles. The molecule has 0 atom stereocenters. The highest BCUT2D eigenvalue weighted by atomic mass is 35.5. The average Bonchev–Trinajstić information content (AvgIpc) is 0.837. The number of nitrogens with zero attached hydrogens (tertiary/aromatic N) is 4. The molecule has 638 valence electrons. The molecule has 0 radical (unpaired) electrons. The number of rotatable bonds is 23. The number of ether oxygens (including phenoxy) is 1. The number of Topliss-reactive ketones (excluding diaryl/α,β-unsaturated/α-hetero) is 3. The van der Waals surface area contributed by atoms with Crippen molar-refractivity contribution >= 4 is 78.2 Å². The molecular formula is C85H159ClFN7O13S2. The summed E-state index contributed by atoms with van der Waals surface area (Å²) in [5, 5.41) is 15.1. The van der Waals surface area contributed by atoms with Crippen LogP contribution in [0.3, 0.4) is 0 Å². The van der Waals surface area contributed by atoms with Crippen LogP contribution in [-0.2, 0) is 63.0 Å². The van der Waals surface area contributed by atoms with E-state index in [1.165, 1.54) is 18.2 Å². The lowest BCUT2D eigenvalue weighted by atomic mass is 9.79. The number of halogens is 2. The highest BCUT2D eigenvalue weighted by Gasteiger charge is 2.36. The van der Waals surface area contributed by atoms with Gasteiger partial charge in [-0.3, -0.25) is 33.6 Å². The Morgan fingerprint density at radius 3 is 1.01 bits per heavy atom. The minimum Gasteiger partial charge on any atom is -0.456 e. The number of ketones is 5. The van der Waals surface area contributed by atoms with Crippen molar-refractivity contribution in [1.82, 2.24) is 30.1 Å². The molecule has 0 rings (SSSR count). The minimum absolute atomic E-state index is 0.00894. The molecule has 20 nitrogen and oxygen atoms in total. The molecule has 0 aromatic carbocycles. The van der Waals surface area contributed by atoms with Crippen LogP contribution in [0.15, 0.2) is 98.4 Å². The van der Waals surface area contributed by atoms with Crippen molar-refractivity contribution in [2.45, 2.75) is 262 Å². The molecule has 2 amide bonds. The van der Waals surface area contributed by atoms with Crippen molar-refractivity contribution in [2.24, 2.45) is 45.3 Å². The average molecular weight is 1610 g/mol. The van der Waals surface area contributed by atoms with Crippen LogP contribution in [0.1, 0.15) is 235 Å². The number of allylic oxidation sites excluding steroid dienone is 3. The Balaban J connectivity index is -0.0000000953. The van der Waals surface area contributed by atoms with Gasteiger partial charge < -0.3 is 30.1 Å². The summed E-state index contributed by atoms with van der Waals surface area (Å²) in [4.78, 5) is 92.2. The number of likely N-dealkylation sites (N-methyl/N-ethyl adjacent to an activating group) is 3. The summed E-state index contributed by atoms with van der Waals surface area (Å²) in [5.41, 5.74) is -1.13. The third kappa shape index (κ3) is 118. The van der Waals surface area contributed by atoms with Crippen molar-refractivity contribution in [1.29, 1.82) is 5.26 Å². The van der Waals surface area contributed by atoms with Crippen molar-refractivity contribution in [2.75, 3.05) is 74.5 Å². The van der Waals surface area contributed by atoms with Crippen molar-refractivity contribution in [3.63, 3.8) is 0 Å². The third-order valence-electron chi connectivity index (χ3n) is 12.1. The van der Waals surface area contributed by atoms with Gasteiger partial charge in [0.2, 0.25) is 21.8 Å². The summed E-state index contributed by atoms with van der Waals surface area (Å²) < 4.78 is 61.9. The van der Waals surface area contributed by atoms with E-state index in [-0.39, 0.29) is 115 Å². The highest BCUT2D eigenvalue weighted by Crippen LogP contribution is 2.33. The fraction of sp³-hybridized carbons (Fsp3) is 0.682. The first-order chi connectivity index (χ1) is 48.3. The van der Waals surface area contributed by atoms with E-state index >= 15 is 0 Å². The Kier molecular flexibility index (Phi) is 78.5. The summed E-state index contributed by atoms with van der Waals surface area (Å²) in [5.74, 6) is 2.50. The fourth-order valence-corrected chi connectivity index (χ4v) is 5.74. The first-order valence-electron chi connectivity index (χ1n) is 36.1. The topological polar surface area (TPSA) is 284 Å². The van der Waals surface area contributed by atoms with Crippen LogP contribution >= 0.6 is 11.6 Å². The number of alkyl halides is 2. The quantitative estimate of drug-likeness (QED) is 0.0282. The summed E-state index contributed by atoms with van der Waals surface area (Å²) in [6.45, 7) is 80.9. The Morgan fingerprint density at radius 2 is 0.862 bits per heavy atom. The largest absolute Gasteiger partial charge is 0.456 e. The zero-order chi connectivity index (χ0) is 90.5. The first kappa shape index (κ1) is 129. The van der Waals surface area contributed by atoms with Crippen molar-refractivity contribution in [3.05, 3.63) is 98.4 Å². The van der Waals surface area contributed by atoms with Gasteiger partial charge in [-0.1, -0.05) is 168 Å². The number of hydrogen-bond acceptors (Lipinski definition) is 17. The first-order valence-corrected chi connectivity index (χ1v) is 39.8. The molecule has 0 saturated carbocycles. The third-order valence-corrected chi connectivity index (χ3v) is 15.5. The lowest BCUT2D eigenvalue weighted by Gasteiger charge is -2.37. The maximum atomic E-state index is 11.6. The molecule has 0 aliphatic heterocycles. The normalized spacial score (nSPS) is 11.5. The monoisotopic (exact) mass is 1600 g/mol. The van der Waals surface area contributed by atoms with Crippen LogP contribution in [0, 0.1) is 69.0 Å². The smallest absolute Gasteiger partial charge is 0.331 e. The Labute approximate surface area is 673 Å². The number of sulfonamides is 1. The van der Waals surface area contributed by atoms with E-state index in [0.29, 0.717) is 5.41 Å². The molecule has 24 heteroatoms. The van der Waals surface area contributed by atoms with E-state index in [1.807, 2.05) is 200 Å². The molecule has 0 heterocycles. The van der Waals surface area contributed by atoms with Gasteiger partial charge in [-0.15, -0.1) is 30.5 Å². The van der Waals surface area contributed by atoms with Crippen LogP contribution in [0.5, 0.6) is 0 Å². The van der Waals surface area contributed by atoms with E-state index in [9.17, 15) is 59.6 Å². The summed E-state index contributed by atoms with van der Waals surface area (Å²) >= 11 is 5.20. The maximum Gasteiger partial charge on any atom is 0.331 e. The molecule has 0 aromatic rings. The predicted molar refractivity (Wildman–Crippen MR) is 464 cm³/mol. The Hall–Kier alpha value is -6.31. The van der Waals surface area contributed by atoms with E-state index in [1.54, 1.807) is 86.6 Å².